The van der Waals surface area contributed by atoms with Gasteiger partial charge in [-0.3, -0.25) is 9.35 Å². The molecule has 1 aromatic carbocycles. The number of esters is 1. The van der Waals surface area contributed by atoms with Crippen LogP contribution in [0.4, 0.5) is 0 Å². The molecule has 0 bridgehead atoms. The summed E-state index contributed by atoms with van der Waals surface area (Å²) in [5.74, 6) is -0.610. The molecule has 0 saturated carbocycles. The Morgan fingerprint density at radius 1 is 1.22 bits per heavy atom. The topological polar surface area (TPSA) is 80.7 Å². The highest BCUT2D eigenvalue weighted by molar-refractivity contribution is 7.86. The molecule has 102 valence electrons. The average molecular weight is 315 g/mol. The number of benzene rings is 1. The minimum atomic E-state index is -4.51. The second-order valence-corrected chi connectivity index (χ2v) is 4.96. The molecule has 8 heteroatoms. The van der Waals surface area contributed by atoms with Gasteiger partial charge in [-0.05, 0) is 0 Å². The molecule has 0 aromatic heterocycles. The van der Waals surface area contributed by atoms with Crippen molar-refractivity contribution >= 4 is 39.3 Å². The van der Waals surface area contributed by atoms with Gasteiger partial charge < -0.3 is 4.74 Å². The smallest absolute Gasteiger partial charge is 0.308 e. The van der Waals surface area contributed by atoms with Gasteiger partial charge in [0.2, 0.25) is 0 Å². The lowest BCUT2D eigenvalue weighted by Crippen LogP contribution is -2.04. The summed E-state index contributed by atoms with van der Waals surface area (Å²) in [7, 11) is -4.51. The van der Waals surface area contributed by atoms with Crippen LogP contribution in [0.5, 0.6) is 5.75 Å². The Kier molecular flexibility index (Phi) is 6.62. The zero-order chi connectivity index (χ0) is 14.5. The van der Waals surface area contributed by atoms with Crippen LogP contribution < -0.4 is 4.74 Å². The van der Waals surface area contributed by atoms with Gasteiger partial charge in [-0.2, -0.15) is 8.42 Å². The molecule has 0 fully saturated rings. The number of ether oxygens (including phenoxy) is 1. The third-order valence-corrected chi connectivity index (χ3v) is 3.27. The van der Waals surface area contributed by atoms with Crippen LogP contribution in [0.3, 0.4) is 0 Å². The van der Waals surface area contributed by atoms with E-state index in [0.717, 1.165) is 12.1 Å². The zero-order valence-electron chi connectivity index (χ0n) is 9.90. The predicted octanol–water partition coefficient (Wildman–Crippen LogP) is 3.19. The molecular formula is C10H12Cl2O5S. The molecular weight excluding hydrogens is 303 g/mol. The molecule has 0 aliphatic carbocycles. The highest BCUT2D eigenvalue weighted by Gasteiger charge is 2.20. The molecule has 0 aliphatic heterocycles. The van der Waals surface area contributed by atoms with Gasteiger partial charge in [-0.25, -0.2) is 0 Å². The largest absolute Gasteiger partial charge is 0.427 e. The van der Waals surface area contributed by atoms with Crippen LogP contribution in [0.15, 0.2) is 17.0 Å². The van der Waals surface area contributed by atoms with Gasteiger partial charge in [0.15, 0.2) is 0 Å². The molecule has 0 atom stereocenters. The van der Waals surface area contributed by atoms with E-state index in [1.165, 1.54) is 6.92 Å². The molecule has 1 N–H and O–H groups in total. The lowest BCUT2D eigenvalue weighted by atomic mass is 10.3. The van der Waals surface area contributed by atoms with E-state index >= 15 is 0 Å². The van der Waals surface area contributed by atoms with Gasteiger partial charge in [0.1, 0.15) is 10.6 Å². The minimum Gasteiger partial charge on any atom is -0.427 e. The van der Waals surface area contributed by atoms with E-state index in [1.807, 2.05) is 13.8 Å². The van der Waals surface area contributed by atoms with Gasteiger partial charge in [0, 0.05) is 19.1 Å². The summed E-state index contributed by atoms with van der Waals surface area (Å²) in [4.78, 5) is 10.0. The number of hydrogen-bond donors (Lipinski definition) is 1. The van der Waals surface area contributed by atoms with Crippen LogP contribution in [0.1, 0.15) is 20.8 Å². The molecule has 0 heterocycles. The predicted molar refractivity (Wildman–Crippen MR) is 68.9 cm³/mol. The van der Waals surface area contributed by atoms with Crippen LogP contribution in [0.2, 0.25) is 10.0 Å². The van der Waals surface area contributed by atoms with Crippen molar-refractivity contribution in [2.45, 2.75) is 25.7 Å². The normalized spacial score (nSPS) is 10.3. The number of hydrogen-bond acceptors (Lipinski definition) is 4. The fourth-order valence-electron chi connectivity index (χ4n) is 1.01. The summed E-state index contributed by atoms with van der Waals surface area (Å²) in [5.41, 5.74) is 0. The van der Waals surface area contributed by atoms with Crippen molar-refractivity contribution in [1.82, 2.24) is 0 Å². The Balaban J connectivity index is 0.00000137. The van der Waals surface area contributed by atoms with Crippen LogP contribution in [-0.4, -0.2) is 18.9 Å². The summed E-state index contributed by atoms with van der Waals surface area (Å²) >= 11 is 11.2. The lowest BCUT2D eigenvalue weighted by molar-refractivity contribution is -0.131. The molecule has 1 aromatic rings. The Hall–Kier alpha value is -0.820. The maximum atomic E-state index is 10.9. The molecule has 0 unspecified atom stereocenters. The first-order valence-corrected chi connectivity index (χ1v) is 7.06. The SMILES string of the molecule is CC.CC(=O)Oc1cc(Cl)c(S(=O)(=O)O)c(Cl)c1. The van der Waals surface area contributed by atoms with Crippen molar-refractivity contribution in [1.29, 1.82) is 0 Å². The summed E-state index contributed by atoms with van der Waals surface area (Å²) < 4.78 is 35.3. The van der Waals surface area contributed by atoms with Crippen molar-refractivity contribution in [3.05, 3.63) is 22.2 Å². The third-order valence-electron chi connectivity index (χ3n) is 1.49. The van der Waals surface area contributed by atoms with Crippen molar-refractivity contribution in [2.75, 3.05) is 0 Å². The molecule has 1 rings (SSSR count). The van der Waals surface area contributed by atoms with E-state index in [9.17, 15) is 13.2 Å². The zero-order valence-corrected chi connectivity index (χ0v) is 12.2. The summed E-state index contributed by atoms with van der Waals surface area (Å²) in [6.07, 6.45) is 0. The highest BCUT2D eigenvalue weighted by atomic mass is 35.5. The molecule has 0 radical (unpaired) electrons. The van der Waals surface area contributed by atoms with E-state index in [2.05, 4.69) is 4.74 Å². The molecule has 0 amide bonds. The van der Waals surface area contributed by atoms with Gasteiger partial charge in [-0.15, -0.1) is 0 Å². The Bertz CT molecular complexity index is 516. The summed E-state index contributed by atoms with van der Waals surface area (Å²) in [5, 5.41) is -0.655. The quantitative estimate of drug-likeness (QED) is 0.515. The molecule has 0 aliphatic rings. The van der Waals surface area contributed by atoms with Crippen LogP contribution in [-0.2, 0) is 14.9 Å². The van der Waals surface area contributed by atoms with E-state index < -0.39 is 21.0 Å². The molecule has 18 heavy (non-hydrogen) atoms. The van der Waals surface area contributed by atoms with Crippen LogP contribution in [0.25, 0.3) is 0 Å². The molecule has 5 nitrogen and oxygen atoms in total. The second kappa shape index (κ2) is 6.94. The van der Waals surface area contributed by atoms with Gasteiger partial charge in [-0.1, -0.05) is 37.0 Å². The van der Waals surface area contributed by atoms with Crippen LogP contribution in [0, 0.1) is 0 Å². The first kappa shape index (κ1) is 17.2. The fraction of sp³-hybridized carbons (Fsp3) is 0.300. The summed E-state index contributed by atoms with van der Waals surface area (Å²) in [6, 6.07) is 2.13. The Morgan fingerprint density at radius 2 is 1.61 bits per heavy atom. The maximum Gasteiger partial charge on any atom is 0.308 e. The van der Waals surface area contributed by atoms with Gasteiger partial charge in [0.25, 0.3) is 10.1 Å². The lowest BCUT2D eigenvalue weighted by Gasteiger charge is -2.06. The molecule has 0 saturated heterocycles. The van der Waals surface area contributed by atoms with Crippen molar-refractivity contribution < 1.29 is 22.5 Å². The number of carbonyl (C=O) groups is 1. The molecule has 0 spiro atoms. The number of halogens is 2. The summed E-state index contributed by atoms with van der Waals surface area (Å²) in [6.45, 7) is 5.17. The maximum absolute atomic E-state index is 10.9. The monoisotopic (exact) mass is 314 g/mol. The van der Waals surface area contributed by atoms with E-state index in [1.54, 1.807) is 0 Å². The average Bonchev–Trinajstić information content (AvgIpc) is 2.15. The standard InChI is InChI=1S/C8H6Cl2O5S.C2H6/c1-4(11)15-5-2-6(9)8(7(10)3-5)16(12,13)14;1-2/h2-3H,1H3,(H,12,13,14);1-2H3. The van der Waals surface area contributed by atoms with Gasteiger partial charge in [0.05, 0.1) is 10.0 Å². The minimum absolute atomic E-state index is 0.00472. The first-order valence-electron chi connectivity index (χ1n) is 4.87. The Morgan fingerprint density at radius 3 is 1.89 bits per heavy atom. The van der Waals surface area contributed by atoms with E-state index in [-0.39, 0.29) is 15.8 Å². The number of rotatable bonds is 2. The van der Waals surface area contributed by atoms with Gasteiger partial charge >= 0.3 is 5.97 Å². The second-order valence-electron chi connectivity index (χ2n) is 2.78. The Labute approximate surface area is 115 Å². The van der Waals surface area contributed by atoms with E-state index in [4.69, 9.17) is 27.8 Å². The van der Waals surface area contributed by atoms with Crippen LogP contribution >= 0.6 is 23.2 Å². The number of carbonyl (C=O) groups excluding carboxylic acids is 1. The van der Waals surface area contributed by atoms with Crippen molar-refractivity contribution in [3.63, 3.8) is 0 Å². The highest BCUT2D eigenvalue weighted by Crippen LogP contribution is 2.33. The first-order chi connectivity index (χ1) is 8.21. The van der Waals surface area contributed by atoms with Crippen molar-refractivity contribution in [3.8, 4) is 5.75 Å². The van der Waals surface area contributed by atoms with Crippen molar-refractivity contribution in [2.24, 2.45) is 0 Å². The fourth-order valence-corrected chi connectivity index (χ4v) is 2.67. The van der Waals surface area contributed by atoms with E-state index in [0.29, 0.717) is 0 Å². The third kappa shape index (κ3) is 4.81.